The van der Waals surface area contributed by atoms with Crippen molar-refractivity contribution in [3.05, 3.63) is 55.4 Å². The first-order valence-electron chi connectivity index (χ1n) is 8.94. The Morgan fingerprint density at radius 2 is 0.962 bits per heavy atom. The molecular weight excluding hydrogens is 499 g/mol. The van der Waals surface area contributed by atoms with Gasteiger partial charge in [-0.15, -0.1) is 0 Å². The van der Waals surface area contributed by atoms with Gasteiger partial charge in [0.2, 0.25) is 0 Å². The summed E-state index contributed by atoms with van der Waals surface area (Å²) >= 11 is 19.1. The minimum absolute atomic E-state index is 0.844. The van der Waals surface area contributed by atoms with Gasteiger partial charge in [0.25, 0.3) is 0 Å². The number of hydrogen-bond donors (Lipinski definition) is 0. The molecule has 2 aliphatic rings. The molecule has 2 aromatic carbocycles. The van der Waals surface area contributed by atoms with Crippen molar-refractivity contribution in [2.24, 2.45) is 0 Å². The van der Waals surface area contributed by atoms with Crippen molar-refractivity contribution < 1.29 is 0 Å². The molecule has 0 amide bonds. The SMILES string of the molecule is Clc1cc(Br)ccc1N1CCCC1.Clc1cc(Br)ccc1N1CCCC1. The Labute approximate surface area is 182 Å². The normalized spacial score (nSPS) is 16.6. The smallest absolute Gasteiger partial charge is 0.0650 e. The number of hydrogen-bond acceptors (Lipinski definition) is 2. The zero-order valence-corrected chi connectivity index (χ0v) is 19.2. The molecule has 0 unspecified atom stereocenters. The lowest BCUT2D eigenvalue weighted by Gasteiger charge is -2.18. The van der Waals surface area contributed by atoms with E-state index >= 15 is 0 Å². The fourth-order valence-electron chi connectivity index (χ4n) is 3.39. The third-order valence-corrected chi connectivity index (χ3v) is 6.30. The molecule has 2 saturated heterocycles. The van der Waals surface area contributed by atoms with Crippen LogP contribution in [0.5, 0.6) is 0 Å². The number of benzene rings is 2. The van der Waals surface area contributed by atoms with Gasteiger partial charge in [0.05, 0.1) is 21.4 Å². The van der Waals surface area contributed by atoms with Gasteiger partial charge in [-0.2, -0.15) is 0 Å². The topological polar surface area (TPSA) is 6.48 Å². The first kappa shape index (κ1) is 20.3. The third-order valence-electron chi connectivity index (χ3n) is 4.71. The van der Waals surface area contributed by atoms with E-state index in [4.69, 9.17) is 23.2 Å². The van der Waals surface area contributed by atoms with Crippen LogP contribution in [0.25, 0.3) is 0 Å². The average molecular weight is 521 g/mol. The molecule has 6 heteroatoms. The van der Waals surface area contributed by atoms with Crippen LogP contribution < -0.4 is 9.80 Å². The molecule has 4 rings (SSSR count). The second kappa shape index (κ2) is 9.68. The molecule has 0 atom stereocenters. The molecule has 140 valence electrons. The molecule has 2 fully saturated rings. The summed E-state index contributed by atoms with van der Waals surface area (Å²) in [5, 5.41) is 1.69. The minimum Gasteiger partial charge on any atom is -0.370 e. The van der Waals surface area contributed by atoms with E-state index in [1.165, 1.54) is 37.1 Å². The highest BCUT2D eigenvalue weighted by molar-refractivity contribution is 9.10. The predicted molar refractivity (Wildman–Crippen MR) is 121 cm³/mol. The Hall–Kier alpha value is -0.420. The number of rotatable bonds is 2. The van der Waals surface area contributed by atoms with Crippen LogP contribution in [0.3, 0.4) is 0 Å². The van der Waals surface area contributed by atoms with Crippen molar-refractivity contribution >= 4 is 66.4 Å². The van der Waals surface area contributed by atoms with E-state index in [0.29, 0.717) is 0 Å². The van der Waals surface area contributed by atoms with E-state index < -0.39 is 0 Å². The van der Waals surface area contributed by atoms with Gasteiger partial charge >= 0.3 is 0 Å². The van der Waals surface area contributed by atoms with Crippen LogP contribution in [-0.4, -0.2) is 26.2 Å². The summed E-state index contributed by atoms with van der Waals surface area (Å²) in [5.41, 5.74) is 2.34. The van der Waals surface area contributed by atoms with Crippen molar-refractivity contribution in [2.45, 2.75) is 25.7 Å². The lowest BCUT2D eigenvalue weighted by molar-refractivity contribution is 0.949. The molecule has 0 radical (unpaired) electrons. The number of anilines is 2. The van der Waals surface area contributed by atoms with Gasteiger partial charge in [0.1, 0.15) is 0 Å². The highest BCUT2D eigenvalue weighted by atomic mass is 79.9. The maximum absolute atomic E-state index is 6.14. The van der Waals surface area contributed by atoms with Gasteiger partial charge in [-0.3, -0.25) is 0 Å². The third kappa shape index (κ3) is 5.31. The van der Waals surface area contributed by atoms with E-state index in [-0.39, 0.29) is 0 Å². The fourth-order valence-corrected chi connectivity index (χ4v) is 4.98. The second-order valence-electron chi connectivity index (χ2n) is 6.58. The highest BCUT2D eigenvalue weighted by Gasteiger charge is 2.15. The molecule has 2 nitrogen and oxygen atoms in total. The van der Waals surface area contributed by atoms with E-state index in [9.17, 15) is 0 Å². The molecular formula is C20H22Br2Cl2N2. The van der Waals surface area contributed by atoms with Crippen molar-refractivity contribution in [2.75, 3.05) is 36.0 Å². The van der Waals surface area contributed by atoms with Crippen molar-refractivity contribution in [3.8, 4) is 0 Å². The molecule has 26 heavy (non-hydrogen) atoms. The monoisotopic (exact) mass is 518 g/mol. The van der Waals surface area contributed by atoms with Crippen molar-refractivity contribution in [1.29, 1.82) is 0 Å². The van der Waals surface area contributed by atoms with Gasteiger partial charge in [-0.1, -0.05) is 55.1 Å². The second-order valence-corrected chi connectivity index (χ2v) is 9.23. The van der Waals surface area contributed by atoms with Crippen LogP contribution in [0.2, 0.25) is 10.0 Å². The fraction of sp³-hybridized carbons (Fsp3) is 0.400. The maximum atomic E-state index is 6.14. The van der Waals surface area contributed by atoms with Gasteiger partial charge in [-0.05, 0) is 62.1 Å². The van der Waals surface area contributed by atoms with Gasteiger partial charge in [0, 0.05) is 35.1 Å². The van der Waals surface area contributed by atoms with Crippen molar-refractivity contribution in [3.63, 3.8) is 0 Å². The van der Waals surface area contributed by atoms with Crippen molar-refractivity contribution in [1.82, 2.24) is 0 Å². The Morgan fingerprint density at radius 3 is 1.27 bits per heavy atom. The van der Waals surface area contributed by atoms with Gasteiger partial charge in [-0.25, -0.2) is 0 Å². The lowest BCUT2D eigenvalue weighted by Crippen LogP contribution is -2.17. The summed E-state index contributed by atoms with van der Waals surface area (Å²) < 4.78 is 2.08. The highest BCUT2D eigenvalue weighted by Crippen LogP contribution is 2.32. The van der Waals surface area contributed by atoms with Crippen LogP contribution in [-0.2, 0) is 0 Å². The summed E-state index contributed by atoms with van der Waals surface area (Å²) in [7, 11) is 0. The van der Waals surface area contributed by atoms with Crippen LogP contribution in [0, 0.1) is 0 Å². The first-order valence-corrected chi connectivity index (χ1v) is 11.3. The van der Waals surface area contributed by atoms with Crippen LogP contribution in [0.1, 0.15) is 25.7 Å². The summed E-state index contributed by atoms with van der Waals surface area (Å²) in [6.07, 6.45) is 5.14. The van der Waals surface area contributed by atoms with Gasteiger partial charge in [0.15, 0.2) is 0 Å². The maximum Gasteiger partial charge on any atom is 0.0650 e. The minimum atomic E-state index is 0.844. The molecule has 2 heterocycles. The molecule has 0 aliphatic carbocycles. The first-order chi connectivity index (χ1) is 12.5. The molecule has 0 spiro atoms. The molecule has 2 aromatic rings. The Kier molecular flexibility index (Phi) is 7.56. The average Bonchev–Trinajstić information content (AvgIpc) is 3.29. The number of halogens is 4. The molecule has 0 saturated carbocycles. The summed E-state index contributed by atoms with van der Waals surface area (Å²) in [4.78, 5) is 4.68. The van der Waals surface area contributed by atoms with Gasteiger partial charge < -0.3 is 9.80 Å². The van der Waals surface area contributed by atoms with Crippen LogP contribution >= 0.6 is 55.1 Å². The predicted octanol–water partition coefficient (Wildman–Crippen LogP) is 7.41. The molecule has 0 aromatic heterocycles. The summed E-state index contributed by atoms with van der Waals surface area (Å²) in [6, 6.07) is 12.2. The molecule has 0 N–H and O–H groups in total. The van der Waals surface area contributed by atoms with Crippen LogP contribution in [0.15, 0.2) is 45.3 Å². The summed E-state index contributed by atoms with van der Waals surface area (Å²) in [5.74, 6) is 0. The zero-order valence-electron chi connectivity index (χ0n) is 14.5. The van der Waals surface area contributed by atoms with E-state index in [2.05, 4.69) is 53.8 Å². The Balaban J connectivity index is 0.000000151. The van der Waals surface area contributed by atoms with E-state index in [0.717, 1.165) is 45.2 Å². The standard InChI is InChI=1S/2C10H11BrClN/c2*11-8-3-4-10(9(12)7-8)13-5-1-2-6-13/h2*3-4,7H,1-2,5-6H2. The Morgan fingerprint density at radius 1 is 0.615 bits per heavy atom. The quantitative estimate of drug-likeness (QED) is 0.407. The Bertz CT molecular complexity index is 679. The van der Waals surface area contributed by atoms with E-state index in [1.807, 2.05) is 24.3 Å². The number of nitrogens with zero attached hydrogens (tertiary/aromatic N) is 2. The lowest BCUT2D eigenvalue weighted by atomic mass is 10.3. The molecule has 0 bridgehead atoms. The largest absolute Gasteiger partial charge is 0.370 e. The zero-order chi connectivity index (χ0) is 18.5. The molecule has 2 aliphatic heterocycles. The van der Waals surface area contributed by atoms with Crippen LogP contribution in [0.4, 0.5) is 11.4 Å². The summed E-state index contributed by atoms with van der Waals surface area (Å²) in [6.45, 7) is 4.56. The van der Waals surface area contributed by atoms with E-state index in [1.54, 1.807) is 0 Å².